The first kappa shape index (κ1) is 46.1. The largest absolute Gasteiger partial charge is 0.488 e. The van der Waals surface area contributed by atoms with E-state index in [-0.39, 0.29) is 42.9 Å². The molecule has 4 bridgehead atoms. The van der Waals surface area contributed by atoms with E-state index in [1.165, 1.54) is 17.9 Å². The molecule has 4 amide bonds. The SMILES string of the molecule is C=C[C@H](C)C(C)(NC(=O)[C@@H]1C[C@@H]2CN1C(=O)[C@H](C(C)(C)C)NC(=O)O[C@@H]1C[C@H]1CCCCCc1c(nc3ccccc3c1OC1C3CNCC1COC3)O2)C(=O)NS(=O)(=O)C1(C)CC1. The Labute approximate surface area is 376 Å². The summed E-state index contributed by atoms with van der Waals surface area (Å²) in [6, 6.07) is 5.52. The molecular weight excluding hydrogens is 841 g/mol. The Hall–Kier alpha value is -4.48. The van der Waals surface area contributed by atoms with Crippen molar-refractivity contribution in [3.05, 3.63) is 42.5 Å². The predicted molar refractivity (Wildman–Crippen MR) is 239 cm³/mol. The molecule has 5 fully saturated rings. The van der Waals surface area contributed by atoms with Gasteiger partial charge in [0.05, 0.1) is 35.6 Å². The molecule has 17 heteroatoms. The van der Waals surface area contributed by atoms with E-state index in [0.717, 1.165) is 61.9 Å². The molecular formula is C47H66N6O10S. The quantitative estimate of drug-likeness (QED) is 0.257. The number of para-hydroxylation sites is 1. The first-order valence-electron chi connectivity index (χ1n) is 23.1. The lowest BCUT2D eigenvalue weighted by molar-refractivity contribution is -0.143. The second-order valence-electron chi connectivity index (χ2n) is 20.6. The van der Waals surface area contributed by atoms with Gasteiger partial charge >= 0.3 is 6.09 Å². The van der Waals surface area contributed by atoms with Crippen LogP contribution in [0.1, 0.15) is 98.5 Å². The third-order valence-electron chi connectivity index (χ3n) is 14.6. The molecule has 4 N–H and O–H groups in total. The monoisotopic (exact) mass is 906 g/mol. The second-order valence-corrected chi connectivity index (χ2v) is 22.8. The number of ether oxygens (including phenoxy) is 4. The van der Waals surface area contributed by atoms with Crippen molar-refractivity contribution in [3.8, 4) is 11.6 Å². The van der Waals surface area contributed by atoms with E-state index in [1.54, 1.807) is 13.8 Å². The third-order valence-corrected chi connectivity index (χ3v) is 16.8. The summed E-state index contributed by atoms with van der Waals surface area (Å²) in [5.41, 5.74) is -1.11. The van der Waals surface area contributed by atoms with Gasteiger partial charge in [-0.05, 0) is 75.8 Å². The number of alkyl carbamates (subject to hydrolysis) is 1. The van der Waals surface area contributed by atoms with Gasteiger partial charge in [-0.1, -0.05) is 58.7 Å². The van der Waals surface area contributed by atoms with Crippen LogP contribution in [0.25, 0.3) is 10.9 Å². The van der Waals surface area contributed by atoms with Gasteiger partial charge in [-0.2, -0.15) is 0 Å². The van der Waals surface area contributed by atoms with Gasteiger partial charge in [0.1, 0.15) is 41.7 Å². The molecule has 0 radical (unpaired) electrons. The van der Waals surface area contributed by atoms with Crippen LogP contribution in [0, 0.1) is 29.1 Å². The molecule has 2 saturated carbocycles. The molecule has 9 atom stereocenters. The molecule has 16 nitrogen and oxygen atoms in total. The summed E-state index contributed by atoms with van der Waals surface area (Å²) in [5, 5.41) is 10.1. The van der Waals surface area contributed by atoms with Gasteiger partial charge in [-0.15, -0.1) is 6.58 Å². The first-order chi connectivity index (χ1) is 30.3. The second kappa shape index (κ2) is 17.7. The molecule has 4 aliphatic heterocycles. The average molecular weight is 907 g/mol. The Morgan fingerprint density at radius 1 is 1.03 bits per heavy atom. The average Bonchev–Trinajstić information content (AvgIpc) is 4.14. The summed E-state index contributed by atoms with van der Waals surface area (Å²) in [4.78, 5) is 63.8. The molecule has 0 spiro atoms. The number of pyridine rings is 1. The normalized spacial score (nSPS) is 30.9. The lowest BCUT2D eigenvalue weighted by Crippen LogP contribution is -2.65. The first-order valence-corrected chi connectivity index (χ1v) is 24.6. The van der Waals surface area contributed by atoms with Crippen molar-refractivity contribution in [1.29, 1.82) is 0 Å². The van der Waals surface area contributed by atoms with Gasteiger partial charge in [-0.3, -0.25) is 19.1 Å². The maximum absolute atomic E-state index is 15.0. The minimum Gasteiger partial charge on any atom is -0.488 e. The highest BCUT2D eigenvalue weighted by atomic mass is 32.2. The lowest BCUT2D eigenvalue weighted by Gasteiger charge is -2.42. The van der Waals surface area contributed by atoms with Crippen LogP contribution in [0.15, 0.2) is 36.9 Å². The van der Waals surface area contributed by atoms with Crippen LogP contribution < -0.4 is 30.1 Å². The number of aromatic nitrogens is 1. The predicted octanol–water partition coefficient (Wildman–Crippen LogP) is 4.54. The Bertz CT molecular complexity index is 2240. The fraction of sp³-hybridized carbons (Fsp3) is 0.681. The van der Waals surface area contributed by atoms with Crippen LogP contribution in [0.5, 0.6) is 11.6 Å². The van der Waals surface area contributed by atoms with Crippen molar-refractivity contribution in [2.45, 2.75) is 140 Å². The number of amides is 4. The highest BCUT2D eigenvalue weighted by molar-refractivity contribution is 7.91. The maximum Gasteiger partial charge on any atom is 0.408 e. The molecule has 350 valence electrons. The number of fused-ring (bicyclic) bond motifs is 7. The summed E-state index contributed by atoms with van der Waals surface area (Å²) >= 11 is 0. The van der Waals surface area contributed by atoms with Crippen LogP contribution >= 0.6 is 0 Å². The summed E-state index contributed by atoms with van der Waals surface area (Å²) in [6.07, 6.45) is 5.42. The smallest absolute Gasteiger partial charge is 0.408 e. The standard InChI is InChI=1S/C47H66N6O10S/c1-8-27(2)47(7,43(56)52-64(58,59)46(6)18-19-46)51-40(54)35-21-31-24-53(35)42(55)39(45(3,4)5)50-44(57)62-36-20-28(36)14-10-9-11-16-33-38(32-15-12-13-17-34(32)49-41(33)61-31)63-37-29-22-48-23-30(37)26-60-25-29/h8,12-13,15,17,27-31,35-37,39,48H,1,9-11,14,16,18-26H2,2-7H3,(H,50,57)(H,51,54)(H,52,56)/t27-,28+,29?,30?,31+,35-,36+,37?,39+,47?/m0/s1. The zero-order valence-corrected chi connectivity index (χ0v) is 38.9. The number of piperidine rings is 1. The van der Waals surface area contributed by atoms with Crippen molar-refractivity contribution in [1.82, 2.24) is 30.6 Å². The van der Waals surface area contributed by atoms with Crippen LogP contribution in [0.2, 0.25) is 0 Å². The van der Waals surface area contributed by atoms with E-state index in [9.17, 15) is 27.6 Å². The summed E-state index contributed by atoms with van der Waals surface area (Å²) in [5.74, 6) is -1.26. The Morgan fingerprint density at radius 3 is 2.44 bits per heavy atom. The Morgan fingerprint density at radius 2 is 1.75 bits per heavy atom. The summed E-state index contributed by atoms with van der Waals surface area (Å²) in [7, 11) is -4.07. The van der Waals surface area contributed by atoms with Crippen LogP contribution in [-0.2, 0) is 40.3 Å². The van der Waals surface area contributed by atoms with Gasteiger partial charge < -0.3 is 39.8 Å². The molecule has 1 aromatic heterocycles. The van der Waals surface area contributed by atoms with Gasteiger partial charge in [0.2, 0.25) is 27.7 Å². The maximum atomic E-state index is 15.0. The van der Waals surface area contributed by atoms with Crippen LogP contribution in [-0.4, -0.2) is 116 Å². The topological polar surface area (TPSA) is 204 Å². The molecule has 64 heavy (non-hydrogen) atoms. The Balaban J connectivity index is 1.17. The summed E-state index contributed by atoms with van der Waals surface area (Å²) in [6.45, 7) is 16.7. The zero-order valence-electron chi connectivity index (χ0n) is 38.1. The zero-order chi connectivity index (χ0) is 45.8. The third kappa shape index (κ3) is 9.31. The molecule has 5 heterocycles. The fourth-order valence-electron chi connectivity index (χ4n) is 9.67. The van der Waals surface area contributed by atoms with Crippen LogP contribution in [0.4, 0.5) is 4.79 Å². The van der Waals surface area contributed by atoms with E-state index in [4.69, 9.17) is 23.9 Å². The van der Waals surface area contributed by atoms with E-state index in [2.05, 4.69) is 27.3 Å². The van der Waals surface area contributed by atoms with Crippen molar-refractivity contribution >= 4 is 44.7 Å². The minimum absolute atomic E-state index is 0.000898. The number of benzene rings is 1. The molecule has 2 aliphatic carbocycles. The molecule has 8 rings (SSSR count). The number of hydrogen-bond donors (Lipinski definition) is 4. The van der Waals surface area contributed by atoms with Gasteiger partial charge in [-0.25, -0.2) is 18.2 Å². The van der Waals surface area contributed by atoms with Gasteiger partial charge in [0.15, 0.2) is 0 Å². The number of hydrogen-bond acceptors (Lipinski definition) is 12. The minimum atomic E-state index is -4.07. The number of carbonyl (C=O) groups excluding carboxylic acids is 4. The number of nitrogens with zero attached hydrogens (tertiary/aromatic N) is 2. The molecule has 2 aromatic rings. The van der Waals surface area contributed by atoms with E-state index in [0.29, 0.717) is 43.9 Å². The highest BCUT2D eigenvalue weighted by Gasteiger charge is 2.54. The molecule has 3 saturated heterocycles. The summed E-state index contributed by atoms with van der Waals surface area (Å²) < 4.78 is 53.6. The van der Waals surface area contributed by atoms with Gasteiger partial charge in [0.25, 0.3) is 5.91 Å². The van der Waals surface area contributed by atoms with Gasteiger partial charge in [0, 0.05) is 42.7 Å². The molecule has 6 aliphatic rings. The number of sulfonamides is 1. The van der Waals surface area contributed by atoms with Crippen molar-refractivity contribution in [2.24, 2.45) is 29.1 Å². The van der Waals surface area contributed by atoms with Crippen molar-refractivity contribution in [2.75, 3.05) is 32.8 Å². The molecule has 3 unspecified atom stereocenters. The van der Waals surface area contributed by atoms with E-state index in [1.807, 2.05) is 45.0 Å². The molecule has 1 aromatic carbocycles. The van der Waals surface area contributed by atoms with Crippen molar-refractivity contribution < 1.29 is 46.5 Å². The number of rotatable bonds is 9. The number of carbonyl (C=O) groups is 4. The van der Waals surface area contributed by atoms with E-state index < -0.39 is 73.6 Å². The Kier molecular flexibility index (Phi) is 12.8. The highest BCUT2D eigenvalue weighted by Crippen LogP contribution is 2.44. The fourth-order valence-corrected chi connectivity index (χ4v) is 11.0. The lowest BCUT2D eigenvalue weighted by atomic mass is 9.85. The van der Waals surface area contributed by atoms with Crippen molar-refractivity contribution in [3.63, 3.8) is 0 Å². The van der Waals surface area contributed by atoms with E-state index >= 15 is 0 Å². The number of nitrogens with one attached hydrogen (secondary N) is 4. The van der Waals surface area contributed by atoms with Crippen LogP contribution in [0.3, 0.4) is 0 Å².